The van der Waals surface area contributed by atoms with E-state index >= 15 is 0 Å². The third kappa shape index (κ3) is 4.45. The second-order valence-corrected chi connectivity index (χ2v) is 11.1. The number of Topliss-reactive ketones (excluding diaryl/α,β-unsaturated/α-hetero) is 1. The Morgan fingerprint density at radius 1 is 1.03 bits per heavy atom. The fourth-order valence-electron chi connectivity index (χ4n) is 5.50. The van der Waals surface area contributed by atoms with Crippen molar-refractivity contribution in [2.45, 2.75) is 66.7 Å². The Labute approximate surface area is 224 Å². The van der Waals surface area contributed by atoms with Crippen LogP contribution < -0.4 is 9.64 Å². The summed E-state index contributed by atoms with van der Waals surface area (Å²) in [6.07, 6.45) is 2.66. The van der Waals surface area contributed by atoms with E-state index in [4.69, 9.17) is 9.47 Å². The van der Waals surface area contributed by atoms with Gasteiger partial charge in [-0.05, 0) is 71.2 Å². The maximum atomic E-state index is 13.3. The first-order valence-electron chi connectivity index (χ1n) is 13.1. The molecule has 0 N–H and O–H groups in total. The maximum absolute atomic E-state index is 13.3. The normalized spacial score (nSPS) is 14.2. The van der Waals surface area contributed by atoms with E-state index < -0.39 is 11.7 Å². The molecule has 7 nitrogen and oxygen atoms in total. The van der Waals surface area contributed by atoms with Crippen molar-refractivity contribution in [1.82, 2.24) is 14.5 Å². The van der Waals surface area contributed by atoms with Gasteiger partial charge in [0.25, 0.3) is 0 Å². The van der Waals surface area contributed by atoms with Gasteiger partial charge in [0.05, 0.1) is 36.3 Å². The summed E-state index contributed by atoms with van der Waals surface area (Å²) in [5.74, 6) is 1.19. The number of benzene rings is 2. The molecule has 0 radical (unpaired) electrons. The van der Waals surface area contributed by atoms with E-state index in [1.165, 1.54) is 11.3 Å². The zero-order chi connectivity index (χ0) is 27.4. The number of aromatic nitrogens is 3. The van der Waals surface area contributed by atoms with Gasteiger partial charge in [0.15, 0.2) is 11.5 Å². The van der Waals surface area contributed by atoms with Crippen molar-refractivity contribution in [3.8, 4) is 16.9 Å². The zero-order valence-corrected chi connectivity index (χ0v) is 23.5. The maximum Gasteiger partial charge on any atom is 0.230 e. The lowest BCUT2D eigenvalue weighted by molar-refractivity contribution is -0.138. The molecule has 1 aliphatic heterocycles. The van der Waals surface area contributed by atoms with Crippen LogP contribution in [-0.2, 0) is 16.1 Å². The molecule has 0 spiro atoms. The van der Waals surface area contributed by atoms with E-state index in [9.17, 15) is 4.79 Å². The number of methoxy groups -OCH3 is 1. The lowest BCUT2D eigenvalue weighted by Gasteiger charge is -2.35. The summed E-state index contributed by atoms with van der Waals surface area (Å²) >= 11 is 0. The van der Waals surface area contributed by atoms with Crippen LogP contribution in [0.15, 0.2) is 42.7 Å². The first-order chi connectivity index (χ1) is 18.0. The molecule has 0 saturated heterocycles. The van der Waals surface area contributed by atoms with Crippen LogP contribution in [0.2, 0.25) is 0 Å². The lowest BCUT2D eigenvalue weighted by atomic mass is 9.86. The van der Waals surface area contributed by atoms with Gasteiger partial charge in [0.1, 0.15) is 6.10 Å². The van der Waals surface area contributed by atoms with Crippen molar-refractivity contribution in [3.05, 3.63) is 65.1 Å². The molecule has 38 heavy (non-hydrogen) atoms. The predicted molar refractivity (Wildman–Crippen MR) is 151 cm³/mol. The van der Waals surface area contributed by atoms with Crippen LogP contribution in [-0.4, -0.2) is 39.6 Å². The number of ether oxygens (including phenoxy) is 2. The SMILES string of the molecule is COc1cnc(N2CCn3c(C)cc4c(-c5ccc(C)cc5)c([C@H](OC(C)(C)C)C(C)=O)c(C)c2c43)nc1. The van der Waals surface area contributed by atoms with E-state index in [1.807, 2.05) is 20.8 Å². The molecule has 1 aliphatic rings. The molecule has 0 aliphatic carbocycles. The number of hydrogen-bond donors (Lipinski definition) is 0. The minimum atomic E-state index is -0.726. The smallest absolute Gasteiger partial charge is 0.230 e. The van der Waals surface area contributed by atoms with Crippen molar-refractivity contribution in [3.63, 3.8) is 0 Å². The number of carbonyl (C=O) groups excluding carboxylic acids is 1. The Hall–Kier alpha value is -3.71. The van der Waals surface area contributed by atoms with Crippen molar-refractivity contribution in [1.29, 1.82) is 0 Å². The van der Waals surface area contributed by atoms with E-state index in [0.29, 0.717) is 18.2 Å². The number of anilines is 2. The minimum Gasteiger partial charge on any atom is -0.494 e. The van der Waals surface area contributed by atoms with E-state index in [-0.39, 0.29) is 5.78 Å². The summed E-state index contributed by atoms with van der Waals surface area (Å²) in [5.41, 5.74) is 8.00. The van der Waals surface area contributed by atoms with Gasteiger partial charge in [-0.1, -0.05) is 29.8 Å². The van der Waals surface area contributed by atoms with Crippen molar-refractivity contribution >= 4 is 28.3 Å². The van der Waals surface area contributed by atoms with E-state index in [1.54, 1.807) is 26.4 Å². The number of aryl methyl sites for hydroxylation is 2. The summed E-state index contributed by atoms with van der Waals surface area (Å²) in [6, 6.07) is 10.8. The first-order valence-corrected chi connectivity index (χ1v) is 13.1. The highest BCUT2D eigenvalue weighted by atomic mass is 16.5. The third-order valence-corrected chi connectivity index (χ3v) is 7.18. The van der Waals surface area contributed by atoms with Crippen molar-refractivity contribution in [2.24, 2.45) is 0 Å². The highest BCUT2D eigenvalue weighted by Gasteiger charge is 2.35. The second-order valence-electron chi connectivity index (χ2n) is 11.1. The van der Waals surface area contributed by atoms with Crippen LogP contribution in [0.5, 0.6) is 5.75 Å². The standard InChI is InChI=1S/C31H36N4O3/c1-18-9-11-22(12-10-18)26-24-15-19(2)34-13-14-35(30-32-16-23(37-8)17-33-30)27(28(24)34)20(3)25(26)29(21(4)36)38-31(5,6)7/h9-12,15-17,29H,13-14H2,1-8H3/t29-/m1/s1. The summed E-state index contributed by atoms with van der Waals surface area (Å²) in [5, 5.41) is 1.10. The Morgan fingerprint density at radius 2 is 1.68 bits per heavy atom. The summed E-state index contributed by atoms with van der Waals surface area (Å²) in [6.45, 7) is 15.4. The quantitative estimate of drug-likeness (QED) is 0.289. The van der Waals surface area contributed by atoms with Crippen LogP contribution in [0.25, 0.3) is 22.0 Å². The molecule has 198 valence electrons. The van der Waals surface area contributed by atoms with Crippen LogP contribution in [0, 0.1) is 20.8 Å². The molecule has 5 rings (SSSR count). The third-order valence-electron chi connectivity index (χ3n) is 7.18. The van der Waals surface area contributed by atoms with Gasteiger partial charge < -0.3 is 18.9 Å². The van der Waals surface area contributed by atoms with Crippen LogP contribution in [0.1, 0.15) is 56.2 Å². The highest BCUT2D eigenvalue weighted by molar-refractivity contribution is 6.08. The van der Waals surface area contributed by atoms with Crippen LogP contribution in [0.3, 0.4) is 0 Å². The summed E-state index contributed by atoms with van der Waals surface area (Å²) in [7, 11) is 1.61. The minimum absolute atomic E-state index is 0.0258. The molecule has 0 saturated carbocycles. The Morgan fingerprint density at radius 3 is 2.26 bits per heavy atom. The zero-order valence-electron chi connectivity index (χ0n) is 23.5. The Kier molecular flexibility index (Phi) is 6.51. The van der Waals surface area contributed by atoms with Gasteiger partial charge in [0.2, 0.25) is 5.95 Å². The number of ketones is 1. The monoisotopic (exact) mass is 512 g/mol. The van der Waals surface area contributed by atoms with Crippen LogP contribution in [0.4, 0.5) is 11.6 Å². The van der Waals surface area contributed by atoms with Crippen molar-refractivity contribution in [2.75, 3.05) is 18.6 Å². The summed E-state index contributed by atoms with van der Waals surface area (Å²) < 4.78 is 14.2. The summed E-state index contributed by atoms with van der Waals surface area (Å²) in [4.78, 5) is 24.7. The number of nitrogens with zero attached hydrogens (tertiary/aromatic N) is 4. The molecule has 1 atom stereocenters. The van der Waals surface area contributed by atoms with Gasteiger partial charge in [-0.25, -0.2) is 9.97 Å². The second kappa shape index (κ2) is 9.55. The lowest BCUT2D eigenvalue weighted by Crippen LogP contribution is -2.31. The van der Waals surface area contributed by atoms with Gasteiger partial charge in [-0.2, -0.15) is 0 Å². The molecule has 0 fully saturated rings. The van der Waals surface area contributed by atoms with E-state index in [0.717, 1.165) is 45.4 Å². The fraction of sp³-hybridized carbons (Fsp3) is 0.387. The molecule has 2 aromatic heterocycles. The predicted octanol–water partition coefficient (Wildman–Crippen LogP) is 6.63. The van der Waals surface area contributed by atoms with E-state index in [2.05, 4.69) is 70.5 Å². The molecule has 0 unspecified atom stereocenters. The molecule has 3 heterocycles. The van der Waals surface area contributed by atoms with Gasteiger partial charge >= 0.3 is 0 Å². The Balaban J connectivity index is 1.88. The topological polar surface area (TPSA) is 69.5 Å². The number of carbonyl (C=O) groups is 1. The number of rotatable bonds is 6. The van der Waals surface area contributed by atoms with Gasteiger partial charge in [0, 0.05) is 29.7 Å². The molecule has 4 aromatic rings. The number of hydrogen-bond acceptors (Lipinski definition) is 6. The average molecular weight is 513 g/mol. The fourth-order valence-corrected chi connectivity index (χ4v) is 5.50. The van der Waals surface area contributed by atoms with Gasteiger partial charge in [-0.3, -0.25) is 4.79 Å². The highest BCUT2D eigenvalue weighted by Crippen LogP contribution is 2.49. The molecule has 2 aromatic carbocycles. The molecule has 0 amide bonds. The first kappa shape index (κ1) is 25.9. The Bertz CT molecular complexity index is 1510. The van der Waals surface area contributed by atoms with Gasteiger partial charge in [-0.15, -0.1) is 0 Å². The largest absolute Gasteiger partial charge is 0.494 e. The molecule has 0 bridgehead atoms. The molecule has 7 heteroatoms. The average Bonchev–Trinajstić information content (AvgIpc) is 3.21. The van der Waals surface area contributed by atoms with Crippen molar-refractivity contribution < 1.29 is 14.3 Å². The molecular weight excluding hydrogens is 476 g/mol. The van der Waals surface area contributed by atoms with Crippen LogP contribution >= 0.6 is 0 Å². The molecular formula is C31H36N4O3.